The first kappa shape index (κ1) is 19.7. The van der Waals surface area contributed by atoms with E-state index in [4.69, 9.17) is 0 Å². The number of aryl methyl sites for hydroxylation is 1. The van der Waals surface area contributed by atoms with E-state index in [9.17, 15) is 4.79 Å². The van der Waals surface area contributed by atoms with Crippen molar-refractivity contribution in [1.82, 2.24) is 14.5 Å². The molecule has 1 fully saturated rings. The van der Waals surface area contributed by atoms with Gasteiger partial charge in [-0.25, -0.2) is 0 Å². The summed E-state index contributed by atoms with van der Waals surface area (Å²) in [6.07, 6.45) is 7.32. The molecule has 0 N–H and O–H groups in total. The van der Waals surface area contributed by atoms with Crippen LogP contribution in [0.1, 0.15) is 5.69 Å². The Kier molecular flexibility index (Phi) is 5.53. The van der Waals surface area contributed by atoms with E-state index in [0.29, 0.717) is 5.39 Å². The van der Waals surface area contributed by atoms with Crippen LogP contribution in [0.5, 0.6) is 0 Å². The number of rotatable bonds is 5. The van der Waals surface area contributed by atoms with Crippen LogP contribution in [0.2, 0.25) is 0 Å². The summed E-state index contributed by atoms with van der Waals surface area (Å²) >= 11 is 0. The average Bonchev–Trinajstić information content (AvgIpc) is 2.78. The summed E-state index contributed by atoms with van der Waals surface area (Å²) in [7, 11) is 0. The average molecular weight is 399 g/mol. The van der Waals surface area contributed by atoms with Gasteiger partial charge in [0.25, 0.3) is 0 Å². The van der Waals surface area contributed by atoms with E-state index >= 15 is 0 Å². The minimum absolute atomic E-state index is 0.000412. The summed E-state index contributed by atoms with van der Waals surface area (Å²) in [6.45, 7) is 13.0. The van der Waals surface area contributed by atoms with Crippen LogP contribution in [-0.2, 0) is 0 Å². The molecule has 4 rings (SSSR count). The molecule has 152 valence electrons. The third kappa shape index (κ3) is 3.66. The third-order valence-electron chi connectivity index (χ3n) is 5.50. The number of hydrogen-bond donors (Lipinski definition) is 0. The van der Waals surface area contributed by atoms with Crippen LogP contribution >= 0.6 is 0 Å². The van der Waals surface area contributed by atoms with Crippen LogP contribution in [0, 0.1) is 6.92 Å². The first-order valence-corrected chi connectivity index (χ1v) is 10.2. The molecular formula is C25H26N4O. The second kappa shape index (κ2) is 8.41. The second-order valence-corrected chi connectivity index (χ2v) is 7.39. The lowest BCUT2D eigenvalue weighted by Gasteiger charge is -2.38. The molecule has 0 amide bonds. The molecule has 1 saturated heterocycles. The molecule has 3 heterocycles. The number of fused-ring (bicyclic) bond motifs is 1. The second-order valence-electron chi connectivity index (χ2n) is 7.39. The van der Waals surface area contributed by atoms with Gasteiger partial charge in [0.15, 0.2) is 5.43 Å². The highest BCUT2D eigenvalue weighted by molar-refractivity contribution is 5.83. The molecule has 5 heteroatoms. The topological polar surface area (TPSA) is 41.4 Å². The number of para-hydroxylation sites is 1. The fraction of sp³-hybridized carbons (Fsp3) is 0.200. The molecule has 1 aliphatic heterocycles. The normalized spacial score (nSPS) is 14.8. The van der Waals surface area contributed by atoms with Crippen LogP contribution in [0.4, 0.5) is 5.82 Å². The smallest absolute Gasteiger partial charge is 0.193 e. The van der Waals surface area contributed by atoms with Crippen molar-refractivity contribution in [2.45, 2.75) is 6.92 Å². The molecule has 0 spiro atoms. The van der Waals surface area contributed by atoms with Gasteiger partial charge in [0.1, 0.15) is 5.82 Å². The highest BCUT2D eigenvalue weighted by Gasteiger charge is 2.22. The predicted octanol–water partition coefficient (Wildman–Crippen LogP) is 4.07. The molecule has 5 nitrogen and oxygen atoms in total. The lowest BCUT2D eigenvalue weighted by atomic mass is 10.2. The number of pyridine rings is 2. The lowest BCUT2D eigenvalue weighted by molar-refractivity contribution is 0.329. The van der Waals surface area contributed by atoms with Gasteiger partial charge in [-0.15, -0.1) is 0 Å². The van der Waals surface area contributed by atoms with Gasteiger partial charge in [-0.2, -0.15) is 0 Å². The largest absolute Gasteiger partial charge is 0.368 e. The van der Waals surface area contributed by atoms with Gasteiger partial charge in [0.05, 0.1) is 10.9 Å². The van der Waals surface area contributed by atoms with Crippen molar-refractivity contribution in [3.8, 4) is 5.69 Å². The molecule has 0 radical (unpaired) electrons. The van der Waals surface area contributed by atoms with Crippen LogP contribution in [0.25, 0.3) is 16.6 Å². The van der Waals surface area contributed by atoms with E-state index in [1.807, 2.05) is 43.3 Å². The van der Waals surface area contributed by atoms with Gasteiger partial charge in [-0.3, -0.25) is 14.3 Å². The summed E-state index contributed by atoms with van der Waals surface area (Å²) in [5.74, 6) is 0.914. The zero-order valence-corrected chi connectivity index (χ0v) is 17.3. The first-order valence-electron chi connectivity index (χ1n) is 10.2. The number of anilines is 1. The van der Waals surface area contributed by atoms with Gasteiger partial charge >= 0.3 is 0 Å². The Morgan fingerprint density at radius 3 is 2.47 bits per heavy atom. The van der Waals surface area contributed by atoms with Gasteiger partial charge in [-0.05, 0) is 37.3 Å². The third-order valence-corrected chi connectivity index (χ3v) is 5.50. The van der Waals surface area contributed by atoms with E-state index in [1.165, 1.54) is 0 Å². The Morgan fingerprint density at radius 1 is 1.07 bits per heavy atom. The molecule has 0 saturated carbocycles. The Balaban J connectivity index is 1.80. The molecule has 0 atom stereocenters. The maximum atomic E-state index is 12.9. The van der Waals surface area contributed by atoms with Gasteiger partial charge in [0, 0.05) is 55.5 Å². The quantitative estimate of drug-likeness (QED) is 0.608. The fourth-order valence-corrected chi connectivity index (χ4v) is 4.00. The maximum absolute atomic E-state index is 12.9. The summed E-state index contributed by atoms with van der Waals surface area (Å²) in [5, 5.41) is 0.634. The summed E-state index contributed by atoms with van der Waals surface area (Å²) in [4.78, 5) is 21.8. The minimum atomic E-state index is 0.000412. The molecule has 1 aliphatic rings. The van der Waals surface area contributed by atoms with Crippen molar-refractivity contribution in [3.63, 3.8) is 0 Å². The zero-order chi connectivity index (χ0) is 21.1. The summed E-state index contributed by atoms with van der Waals surface area (Å²) in [5.41, 5.74) is 3.88. The highest BCUT2D eigenvalue weighted by Crippen LogP contribution is 2.26. The number of nitrogens with zero attached hydrogens (tertiary/aromatic N) is 4. The standard InChI is InChI=1S/C25H26N4O/c1-4-9-20(5-2)27-12-14-28(15-13-27)25-17-24(30)22-18-26-19(3)16-23(22)29(25)21-10-7-6-8-11-21/h4-11,16-18H,1-2,12-15H2,3H3/b20-9+. The van der Waals surface area contributed by atoms with Crippen molar-refractivity contribution in [2.24, 2.45) is 0 Å². The summed E-state index contributed by atoms with van der Waals surface area (Å²) in [6, 6.07) is 13.9. The molecule has 0 unspecified atom stereocenters. The first-order chi connectivity index (χ1) is 14.6. The number of benzene rings is 1. The molecule has 1 aromatic carbocycles. The fourth-order valence-electron chi connectivity index (χ4n) is 4.00. The number of aromatic nitrogens is 2. The number of piperazine rings is 1. The van der Waals surface area contributed by atoms with Crippen molar-refractivity contribution in [2.75, 3.05) is 31.1 Å². The monoisotopic (exact) mass is 398 g/mol. The van der Waals surface area contributed by atoms with Gasteiger partial charge in [0.2, 0.25) is 0 Å². The van der Waals surface area contributed by atoms with Crippen LogP contribution in [-0.4, -0.2) is 40.6 Å². The summed E-state index contributed by atoms with van der Waals surface area (Å²) < 4.78 is 2.18. The lowest BCUT2D eigenvalue weighted by Crippen LogP contribution is -2.46. The van der Waals surface area contributed by atoms with Crippen LogP contribution in [0.3, 0.4) is 0 Å². The molecule has 3 aromatic rings. The molecule has 0 aliphatic carbocycles. The number of hydrogen-bond acceptors (Lipinski definition) is 4. The predicted molar refractivity (Wildman–Crippen MR) is 124 cm³/mol. The van der Waals surface area contributed by atoms with E-state index in [2.05, 4.69) is 44.6 Å². The van der Waals surface area contributed by atoms with Gasteiger partial charge < -0.3 is 9.80 Å². The van der Waals surface area contributed by atoms with E-state index in [-0.39, 0.29) is 5.43 Å². The van der Waals surface area contributed by atoms with Crippen molar-refractivity contribution >= 4 is 16.7 Å². The van der Waals surface area contributed by atoms with E-state index in [1.54, 1.807) is 18.3 Å². The number of allylic oxidation sites excluding steroid dienone is 3. The molecule has 0 bridgehead atoms. The SMILES string of the molecule is C=C/C=C(\C=C)N1CCN(c2cc(=O)c3cnc(C)cc3n2-c2ccccc2)CC1. The van der Waals surface area contributed by atoms with E-state index < -0.39 is 0 Å². The zero-order valence-electron chi connectivity index (χ0n) is 17.3. The Bertz CT molecular complexity index is 1170. The maximum Gasteiger partial charge on any atom is 0.193 e. The Labute approximate surface area is 176 Å². The Morgan fingerprint density at radius 2 is 1.80 bits per heavy atom. The van der Waals surface area contributed by atoms with Crippen molar-refractivity contribution in [1.29, 1.82) is 0 Å². The van der Waals surface area contributed by atoms with E-state index in [0.717, 1.165) is 54.6 Å². The Hall–Kier alpha value is -3.60. The molecular weight excluding hydrogens is 372 g/mol. The molecule has 2 aromatic heterocycles. The molecule has 30 heavy (non-hydrogen) atoms. The van der Waals surface area contributed by atoms with Crippen molar-refractivity contribution < 1.29 is 0 Å². The minimum Gasteiger partial charge on any atom is -0.368 e. The highest BCUT2D eigenvalue weighted by atomic mass is 16.1. The van der Waals surface area contributed by atoms with Crippen LogP contribution in [0.15, 0.2) is 90.5 Å². The van der Waals surface area contributed by atoms with Crippen molar-refractivity contribution in [3.05, 3.63) is 102 Å². The van der Waals surface area contributed by atoms with Crippen LogP contribution < -0.4 is 10.3 Å². The van der Waals surface area contributed by atoms with Gasteiger partial charge in [-0.1, -0.05) is 37.4 Å².